The highest BCUT2D eigenvalue weighted by atomic mass is 32.1. The molecule has 102 valence electrons. The topological polar surface area (TPSA) is 37.8 Å². The SMILES string of the molecule is CNC(c1cccc(F)c1)c1snnc1C(C)(C)C. The van der Waals surface area contributed by atoms with Crippen LogP contribution in [0.3, 0.4) is 0 Å². The second kappa shape index (κ2) is 5.35. The molecule has 1 N–H and O–H groups in total. The summed E-state index contributed by atoms with van der Waals surface area (Å²) < 4.78 is 17.4. The van der Waals surface area contributed by atoms with Gasteiger partial charge in [-0.2, -0.15) is 0 Å². The summed E-state index contributed by atoms with van der Waals surface area (Å²) in [4.78, 5) is 1.04. The Hall–Kier alpha value is -1.33. The number of hydrogen-bond acceptors (Lipinski definition) is 4. The molecule has 0 aliphatic rings. The first-order valence-electron chi connectivity index (χ1n) is 6.19. The van der Waals surface area contributed by atoms with Gasteiger partial charge in [0, 0.05) is 5.41 Å². The molecule has 0 aliphatic carbocycles. The van der Waals surface area contributed by atoms with Crippen molar-refractivity contribution in [1.82, 2.24) is 14.9 Å². The number of rotatable bonds is 3. The molecule has 3 nitrogen and oxygen atoms in total. The number of halogens is 1. The van der Waals surface area contributed by atoms with Gasteiger partial charge in [0.15, 0.2) is 0 Å². The predicted molar refractivity (Wildman–Crippen MR) is 75.9 cm³/mol. The minimum atomic E-state index is -0.229. The van der Waals surface area contributed by atoms with Crippen LogP contribution in [0.4, 0.5) is 4.39 Å². The van der Waals surface area contributed by atoms with Crippen molar-refractivity contribution in [3.05, 3.63) is 46.2 Å². The van der Waals surface area contributed by atoms with Gasteiger partial charge in [0.1, 0.15) is 5.82 Å². The Kier molecular flexibility index (Phi) is 3.96. The van der Waals surface area contributed by atoms with E-state index in [1.165, 1.54) is 17.6 Å². The number of nitrogens with one attached hydrogen (secondary N) is 1. The van der Waals surface area contributed by atoms with Gasteiger partial charge in [-0.3, -0.25) is 0 Å². The lowest BCUT2D eigenvalue weighted by Crippen LogP contribution is -2.22. The molecule has 0 saturated heterocycles. The maximum absolute atomic E-state index is 13.4. The standard InChI is InChI=1S/C14H18FN3S/c1-14(2,3)13-12(19-18-17-13)11(16-4)9-6-5-7-10(15)8-9/h5-8,11,16H,1-4H3. The van der Waals surface area contributed by atoms with Crippen LogP contribution >= 0.6 is 11.5 Å². The van der Waals surface area contributed by atoms with E-state index >= 15 is 0 Å². The summed E-state index contributed by atoms with van der Waals surface area (Å²) in [6.45, 7) is 6.31. The molecule has 1 unspecified atom stereocenters. The minimum Gasteiger partial charge on any atom is -0.309 e. The van der Waals surface area contributed by atoms with Gasteiger partial charge in [0.05, 0.1) is 16.6 Å². The van der Waals surface area contributed by atoms with Gasteiger partial charge in [-0.25, -0.2) is 4.39 Å². The fourth-order valence-corrected chi connectivity index (χ4v) is 3.05. The normalized spacial score (nSPS) is 13.5. The van der Waals surface area contributed by atoms with Crippen LogP contribution in [-0.4, -0.2) is 16.6 Å². The van der Waals surface area contributed by atoms with Crippen LogP contribution in [-0.2, 0) is 5.41 Å². The second-order valence-corrected chi connectivity index (χ2v) is 6.30. The molecule has 0 spiro atoms. The Labute approximate surface area is 117 Å². The van der Waals surface area contributed by atoms with E-state index in [0.717, 1.165) is 16.1 Å². The monoisotopic (exact) mass is 279 g/mol. The lowest BCUT2D eigenvalue weighted by atomic mass is 9.89. The molecule has 1 atom stereocenters. The maximum atomic E-state index is 13.4. The summed E-state index contributed by atoms with van der Waals surface area (Å²) in [5.41, 5.74) is 1.77. The summed E-state index contributed by atoms with van der Waals surface area (Å²) in [5, 5.41) is 7.46. The molecule has 2 aromatic rings. The summed E-state index contributed by atoms with van der Waals surface area (Å²) in [6, 6.07) is 6.56. The Balaban J connectivity index is 2.46. The highest BCUT2D eigenvalue weighted by Crippen LogP contribution is 2.33. The lowest BCUT2D eigenvalue weighted by molar-refractivity contribution is 0.548. The van der Waals surface area contributed by atoms with Gasteiger partial charge in [0.25, 0.3) is 0 Å². The van der Waals surface area contributed by atoms with E-state index in [4.69, 9.17) is 0 Å². The molecule has 0 fully saturated rings. The molecular weight excluding hydrogens is 261 g/mol. The summed E-state index contributed by atoms with van der Waals surface area (Å²) in [5.74, 6) is -0.229. The zero-order valence-electron chi connectivity index (χ0n) is 11.6. The quantitative estimate of drug-likeness (QED) is 0.937. The molecule has 0 aliphatic heterocycles. The van der Waals surface area contributed by atoms with E-state index in [-0.39, 0.29) is 17.3 Å². The smallest absolute Gasteiger partial charge is 0.123 e. The lowest BCUT2D eigenvalue weighted by Gasteiger charge is -2.21. The summed E-state index contributed by atoms with van der Waals surface area (Å²) >= 11 is 1.36. The Morgan fingerprint density at radius 2 is 2.05 bits per heavy atom. The van der Waals surface area contributed by atoms with Crippen molar-refractivity contribution in [2.24, 2.45) is 0 Å². The number of hydrogen-bond donors (Lipinski definition) is 1. The predicted octanol–water partition coefficient (Wildman–Crippen LogP) is 3.28. The van der Waals surface area contributed by atoms with Crippen LogP contribution in [0.5, 0.6) is 0 Å². The molecule has 1 heterocycles. The van der Waals surface area contributed by atoms with Crippen molar-refractivity contribution in [3.63, 3.8) is 0 Å². The van der Waals surface area contributed by atoms with Crippen LogP contribution < -0.4 is 5.32 Å². The van der Waals surface area contributed by atoms with Crippen LogP contribution in [0, 0.1) is 5.82 Å². The van der Waals surface area contributed by atoms with Crippen LogP contribution in [0.25, 0.3) is 0 Å². The summed E-state index contributed by atoms with van der Waals surface area (Å²) in [7, 11) is 1.86. The highest BCUT2D eigenvalue weighted by molar-refractivity contribution is 7.05. The van der Waals surface area contributed by atoms with Crippen LogP contribution in [0.1, 0.15) is 42.9 Å². The van der Waals surface area contributed by atoms with Gasteiger partial charge in [-0.1, -0.05) is 37.4 Å². The van der Waals surface area contributed by atoms with Gasteiger partial charge in [-0.15, -0.1) is 5.10 Å². The Bertz CT molecular complexity index is 560. The first kappa shape index (κ1) is 14.1. The zero-order chi connectivity index (χ0) is 14.0. The van der Waals surface area contributed by atoms with E-state index in [2.05, 4.69) is 35.7 Å². The van der Waals surface area contributed by atoms with E-state index < -0.39 is 0 Å². The van der Waals surface area contributed by atoms with E-state index in [9.17, 15) is 4.39 Å². The third-order valence-electron chi connectivity index (χ3n) is 2.96. The second-order valence-electron chi connectivity index (χ2n) is 5.51. The minimum absolute atomic E-state index is 0.0786. The molecule has 5 heteroatoms. The Morgan fingerprint density at radius 3 is 2.63 bits per heavy atom. The molecule has 0 bridgehead atoms. The van der Waals surface area contributed by atoms with Crippen molar-refractivity contribution >= 4 is 11.5 Å². The van der Waals surface area contributed by atoms with Gasteiger partial charge >= 0.3 is 0 Å². The van der Waals surface area contributed by atoms with E-state index in [0.29, 0.717) is 0 Å². The van der Waals surface area contributed by atoms with Crippen molar-refractivity contribution in [2.45, 2.75) is 32.2 Å². The summed E-state index contributed by atoms with van der Waals surface area (Å²) in [6.07, 6.45) is 0. The molecule has 0 saturated carbocycles. The molecule has 0 radical (unpaired) electrons. The number of benzene rings is 1. The number of aromatic nitrogens is 2. The first-order chi connectivity index (χ1) is 8.93. The molecule has 1 aromatic heterocycles. The third-order valence-corrected chi connectivity index (χ3v) is 3.75. The molecule has 0 amide bonds. The molecular formula is C14H18FN3S. The number of nitrogens with zero attached hydrogens (tertiary/aromatic N) is 2. The van der Waals surface area contributed by atoms with Gasteiger partial charge in [-0.05, 0) is 36.3 Å². The van der Waals surface area contributed by atoms with Gasteiger partial charge < -0.3 is 5.32 Å². The first-order valence-corrected chi connectivity index (χ1v) is 6.96. The fourth-order valence-electron chi connectivity index (χ4n) is 2.04. The van der Waals surface area contributed by atoms with Gasteiger partial charge in [0.2, 0.25) is 0 Å². The zero-order valence-corrected chi connectivity index (χ0v) is 12.4. The average molecular weight is 279 g/mol. The van der Waals surface area contributed by atoms with E-state index in [1.807, 2.05) is 13.1 Å². The van der Waals surface area contributed by atoms with Crippen molar-refractivity contribution in [3.8, 4) is 0 Å². The van der Waals surface area contributed by atoms with Crippen LogP contribution in [0.2, 0.25) is 0 Å². The largest absolute Gasteiger partial charge is 0.309 e. The maximum Gasteiger partial charge on any atom is 0.123 e. The molecule has 2 rings (SSSR count). The third kappa shape index (κ3) is 2.98. The van der Waals surface area contributed by atoms with E-state index in [1.54, 1.807) is 12.1 Å². The van der Waals surface area contributed by atoms with Crippen LogP contribution in [0.15, 0.2) is 24.3 Å². The highest BCUT2D eigenvalue weighted by Gasteiger charge is 2.27. The molecule has 1 aromatic carbocycles. The van der Waals surface area contributed by atoms with Crippen molar-refractivity contribution < 1.29 is 4.39 Å². The fraction of sp³-hybridized carbons (Fsp3) is 0.429. The molecule has 19 heavy (non-hydrogen) atoms. The Morgan fingerprint density at radius 1 is 1.32 bits per heavy atom. The van der Waals surface area contributed by atoms with Crippen molar-refractivity contribution in [1.29, 1.82) is 0 Å². The average Bonchev–Trinajstić information content (AvgIpc) is 2.79. The van der Waals surface area contributed by atoms with Crippen molar-refractivity contribution in [2.75, 3.05) is 7.05 Å².